The molecule has 2 heterocycles. The van der Waals surface area contributed by atoms with Gasteiger partial charge in [-0.2, -0.15) is 0 Å². The molecule has 33 heavy (non-hydrogen) atoms. The van der Waals surface area contributed by atoms with Gasteiger partial charge in [-0.05, 0) is 61.0 Å². The van der Waals surface area contributed by atoms with Crippen LogP contribution in [0.15, 0.2) is 52.7 Å². The lowest BCUT2D eigenvalue weighted by atomic mass is 10.1. The van der Waals surface area contributed by atoms with Crippen molar-refractivity contribution in [2.45, 2.75) is 17.7 Å². The molecule has 0 fully saturated rings. The van der Waals surface area contributed by atoms with E-state index in [2.05, 4.69) is 16.0 Å². The molecule has 0 atom stereocenters. The van der Waals surface area contributed by atoms with E-state index in [0.29, 0.717) is 22.6 Å². The van der Waals surface area contributed by atoms with Crippen molar-refractivity contribution in [3.05, 3.63) is 64.8 Å². The van der Waals surface area contributed by atoms with Gasteiger partial charge in [0.25, 0.3) is 10.0 Å². The summed E-state index contributed by atoms with van der Waals surface area (Å²) >= 11 is 1.06. The fourth-order valence-corrected chi connectivity index (χ4v) is 5.49. The monoisotopic (exact) mass is 489 g/mol. The van der Waals surface area contributed by atoms with E-state index in [1.54, 1.807) is 32.2 Å². The Morgan fingerprint density at radius 2 is 1.88 bits per heavy atom. The van der Waals surface area contributed by atoms with Crippen LogP contribution in [-0.2, 0) is 16.6 Å². The number of thiophene rings is 1. The lowest BCUT2D eigenvalue weighted by Gasteiger charge is -2.30. The normalized spacial score (nSPS) is 13.2. The molecule has 172 valence electrons. The largest absolute Gasteiger partial charge is 0.386 e. The number of amides is 4. The van der Waals surface area contributed by atoms with Crippen molar-refractivity contribution in [2.24, 2.45) is 0 Å². The predicted octanol–water partition coefficient (Wildman–Crippen LogP) is 4.30. The summed E-state index contributed by atoms with van der Waals surface area (Å²) in [6, 6.07) is 10.9. The van der Waals surface area contributed by atoms with Gasteiger partial charge in [-0.3, -0.25) is 4.90 Å². The minimum atomic E-state index is -3.97. The number of fused-ring (bicyclic) bond motifs is 1. The first-order valence-corrected chi connectivity index (χ1v) is 12.1. The SMILES string of the molecule is CNc1cc2c(cc1F)CN(c1ccc(NC(=O)NS(=O)(=O)c3ccc(C)s3)cc1)C(=O)N2. The van der Waals surface area contributed by atoms with E-state index in [4.69, 9.17) is 0 Å². The molecule has 0 aliphatic carbocycles. The summed E-state index contributed by atoms with van der Waals surface area (Å²) in [6.07, 6.45) is 0. The number of hydrogen-bond donors (Lipinski definition) is 4. The number of aryl methyl sites for hydroxylation is 1. The van der Waals surface area contributed by atoms with Crippen molar-refractivity contribution in [1.29, 1.82) is 0 Å². The predicted molar refractivity (Wildman–Crippen MR) is 126 cm³/mol. The Kier molecular flexibility index (Phi) is 5.95. The first kappa shape index (κ1) is 22.6. The molecule has 0 spiro atoms. The first-order valence-electron chi connectivity index (χ1n) is 9.75. The van der Waals surface area contributed by atoms with Crippen LogP contribution in [0.25, 0.3) is 0 Å². The molecule has 0 radical (unpaired) electrons. The quantitative estimate of drug-likeness (QED) is 0.426. The summed E-state index contributed by atoms with van der Waals surface area (Å²) in [6.45, 7) is 1.93. The van der Waals surface area contributed by atoms with Crippen molar-refractivity contribution in [2.75, 3.05) is 27.9 Å². The number of carbonyl (C=O) groups excluding carboxylic acids is 2. The molecule has 4 rings (SSSR count). The minimum absolute atomic E-state index is 0.0418. The minimum Gasteiger partial charge on any atom is -0.386 e. The molecule has 4 N–H and O–H groups in total. The number of anilines is 4. The highest BCUT2D eigenvalue weighted by Gasteiger charge is 2.25. The topological polar surface area (TPSA) is 120 Å². The zero-order chi connectivity index (χ0) is 23.8. The second-order valence-corrected chi connectivity index (χ2v) is 10.4. The highest BCUT2D eigenvalue weighted by atomic mass is 32.2. The molecule has 3 aromatic rings. The van der Waals surface area contributed by atoms with Crippen LogP contribution < -0.4 is 25.6 Å². The summed E-state index contributed by atoms with van der Waals surface area (Å²) in [7, 11) is -2.37. The average molecular weight is 490 g/mol. The van der Waals surface area contributed by atoms with Crippen molar-refractivity contribution in [3.8, 4) is 0 Å². The van der Waals surface area contributed by atoms with E-state index in [-0.39, 0.29) is 22.5 Å². The summed E-state index contributed by atoms with van der Waals surface area (Å²) in [5, 5.41) is 7.92. The fourth-order valence-electron chi connectivity index (χ4n) is 3.30. The molecule has 9 nitrogen and oxygen atoms in total. The molecule has 0 saturated carbocycles. The van der Waals surface area contributed by atoms with E-state index < -0.39 is 21.9 Å². The second-order valence-electron chi connectivity index (χ2n) is 7.23. The highest BCUT2D eigenvalue weighted by molar-refractivity contribution is 7.92. The van der Waals surface area contributed by atoms with Gasteiger partial charge in [0.1, 0.15) is 10.0 Å². The average Bonchev–Trinajstić information content (AvgIpc) is 3.21. The lowest BCUT2D eigenvalue weighted by molar-refractivity contribution is 0.255. The maximum absolute atomic E-state index is 14.1. The number of benzene rings is 2. The number of rotatable bonds is 5. The molecule has 2 aromatic carbocycles. The van der Waals surface area contributed by atoms with Gasteiger partial charge >= 0.3 is 12.1 Å². The Morgan fingerprint density at radius 1 is 1.15 bits per heavy atom. The van der Waals surface area contributed by atoms with Crippen LogP contribution in [0.4, 0.5) is 36.7 Å². The van der Waals surface area contributed by atoms with Crippen LogP contribution in [0.3, 0.4) is 0 Å². The van der Waals surface area contributed by atoms with Crippen LogP contribution >= 0.6 is 11.3 Å². The van der Waals surface area contributed by atoms with E-state index >= 15 is 0 Å². The zero-order valence-electron chi connectivity index (χ0n) is 17.6. The van der Waals surface area contributed by atoms with Gasteiger partial charge in [0, 0.05) is 29.0 Å². The fraction of sp³-hybridized carbons (Fsp3) is 0.143. The number of urea groups is 2. The van der Waals surface area contributed by atoms with Gasteiger partial charge in [-0.15, -0.1) is 11.3 Å². The first-order chi connectivity index (χ1) is 15.7. The molecule has 1 aliphatic heterocycles. The van der Waals surface area contributed by atoms with Crippen LogP contribution in [0.2, 0.25) is 0 Å². The second kappa shape index (κ2) is 8.71. The summed E-state index contributed by atoms with van der Waals surface area (Å²) in [4.78, 5) is 26.9. The summed E-state index contributed by atoms with van der Waals surface area (Å²) < 4.78 is 40.7. The lowest BCUT2D eigenvalue weighted by Crippen LogP contribution is -2.38. The van der Waals surface area contributed by atoms with Crippen molar-refractivity contribution >= 4 is 56.2 Å². The Balaban J connectivity index is 1.44. The van der Waals surface area contributed by atoms with Gasteiger partial charge < -0.3 is 16.0 Å². The zero-order valence-corrected chi connectivity index (χ0v) is 19.2. The third kappa shape index (κ3) is 4.76. The number of sulfonamides is 1. The smallest absolute Gasteiger partial charge is 0.333 e. The molecule has 4 amide bonds. The van der Waals surface area contributed by atoms with Gasteiger partial charge in [0.05, 0.1) is 12.2 Å². The van der Waals surface area contributed by atoms with Crippen molar-refractivity contribution in [1.82, 2.24) is 4.72 Å². The molecule has 0 bridgehead atoms. The highest BCUT2D eigenvalue weighted by Crippen LogP contribution is 2.31. The Morgan fingerprint density at radius 3 is 2.52 bits per heavy atom. The van der Waals surface area contributed by atoms with Crippen molar-refractivity contribution in [3.63, 3.8) is 0 Å². The summed E-state index contributed by atoms with van der Waals surface area (Å²) in [5.74, 6) is -0.425. The number of nitrogens with one attached hydrogen (secondary N) is 4. The van der Waals surface area contributed by atoms with E-state index in [1.165, 1.54) is 35.2 Å². The van der Waals surface area contributed by atoms with Crippen LogP contribution in [-0.4, -0.2) is 27.5 Å². The van der Waals surface area contributed by atoms with Crippen molar-refractivity contribution < 1.29 is 22.4 Å². The molecule has 1 aliphatic rings. The number of nitrogens with zero attached hydrogens (tertiary/aromatic N) is 1. The molecule has 0 unspecified atom stereocenters. The van der Waals surface area contributed by atoms with Crippen LogP contribution in [0, 0.1) is 12.7 Å². The van der Waals surface area contributed by atoms with Gasteiger partial charge in [-0.1, -0.05) is 0 Å². The Labute approximate surface area is 193 Å². The number of carbonyl (C=O) groups is 2. The third-order valence-corrected chi connectivity index (χ3v) is 7.75. The number of halogens is 1. The molecular formula is C21H20FN5O4S2. The van der Waals surface area contributed by atoms with Crippen LogP contribution in [0.1, 0.15) is 10.4 Å². The molecule has 12 heteroatoms. The Bertz CT molecular complexity index is 1340. The van der Waals surface area contributed by atoms with E-state index in [0.717, 1.165) is 16.2 Å². The Hall–Kier alpha value is -3.64. The maximum Gasteiger partial charge on any atom is 0.333 e. The molecular weight excluding hydrogens is 469 g/mol. The van der Waals surface area contributed by atoms with E-state index in [9.17, 15) is 22.4 Å². The standard InChI is InChI=1S/C21H20FN5O4S2/c1-12-3-8-19(32-12)33(30,31)26-20(28)24-14-4-6-15(7-5-14)27-11-13-9-16(22)18(23-2)10-17(13)25-21(27)29/h3-10,23H,11H2,1-2H3,(H,25,29)(H2,24,26,28). The molecule has 0 saturated heterocycles. The van der Waals surface area contributed by atoms with E-state index in [1.807, 2.05) is 4.72 Å². The van der Waals surface area contributed by atoms with Gasteiger partial charge in [-0.25, -0.2) is 27.1 Å². The summed E-state index contributed by atoms with van der Waals surface area (Å²) in [5.41, 5.74) is 2.27. The van der Waals surface area contributed by atoms with Gasteiger partial charge in [0.15, 0.2) is 0 Å². The maximum atomic E-state index is 14.1. The van der Waals surface area contributed by atoms with Gasteiger partial charge in [0.2, 0.25) is 0 Å². The van der Waals surface area contributed by atoms with Crippen LogP contribution in [0.5, 0.6) is 0 Å². The number of hydrogen-bond acceptors (Lipinski definition) is 6. The molecule has 1 aromatic heterocycles. The third-order valence-electron chi connectivity index (χ3n) is 4.92.